The molecule has 0 bridgehead atoms. The maximum atomic E-state index is 14.1. The van der Waals surface area contributed by atoms with Crippen molar-refractivity contribution in [3.63, 3.8) is 0 Å². The summed E-state index contributed by atoms with van der Waals surface area (Å²) in [6, 6.07) is 9.89. The minimum Gasteiger partial charge on any atom is -0.497 e. The van der Waals surface area contributed by atoms with Crippen LogP contribution in [0.3, 0.4) is 0 Å². The molecule has 1 unspecified atom stereocenters. The third-order valence-electron chi connectivity index (χ3n) is 7.61. The number of carboxylic acid groups (broad SMARTS) is 1. The molecular formula is C32H33N3O9. The molecular weight excluding hydrogens is 570 g/mol. The third-order valence-corrected chi connectivity index (χ3v) is 7.61. The zero-order chi connectivity index (χ0) is 32.0. The summed E-state index contributed by atoms with van der Waals surface area (Å²) in [5.41, 5.74) is -1.71. The quantitative estimate of drug-likeness (QED) is 0.340. The maximum Gasteiger partial charge on any atom is 0.415 e. The van der Waals surface area contributed by atoms with Gasteiger partial charge in [0.05, 0.1) is 32.1 Å². The summed E-state index contributed by atoms with van der Waals surface area (Å²) in [4.78, 5) is 59.6. The Balaban J connectivity index is 1.68. The standard InChI is InChI=1S/C32H33N3O9/c1-31(2,3)44-30(41)34-16-25(37)21-8-10-32(29(39)40,27(38)13-19-6-7-20(42-4)14-26(19)43-5)35(17-36)28(21)22-12-18-9-11-33-23(18)15-24(22)34/h6-12,14-15,33,36H,13,16-17H2,1-5H3,(H,39,40). The van der Waals surface area contributed by atoms with Crippen LogP contribution in [0.4, 0.5) is 10.5 Å². The Bertz CT molecular complexity index is 1750. The van der Waals surface area contributed by atoms with Crippen LogP contribution in [0, 0.1) is 0 Å². The number of amides is 1. The smallest absolute Gasteiger partial charge is 0.415 e. The number of aromatic nitrogens is 1. The summed E-state index contributed by atoms with van der Waals surface area (Å²) in [7, 11) is 2.90. The number of methoxy groups -OCH3 is 2. The lowest BCUT2D eigenvalue weighted by molar-refractivity contribution is -0.154. The van der Waals surface area contributed by atoms with Crippen molar-refractivity contribution in [3.05, 3.63) is 71.4 Å². The van der Waals surface area contributed by atoms with E-state index in [4.69, 9.17) is 14.2 Å². The zero-order valence-electron chi connectivity index (χ0n) is 25.0. The van der Waals surface area contributed by atoms with E-state index in [2.05, 4.69) is 4.98 Å². The average molecular weight is 604 g/mol. The van der Waals surface area contributed by atoms with Gasteiger partial charge in [-0.25, -0.2) is 9.59 Å². The fourth-order valence-corrected chi connectivity index (χ4v) is 5.54. The number of nitrogens with one attached hydrogen (secondary N) is 1. The molecule has 12 heteroatoms. The summed E-state index contributed by atoms with van der Waals surface area (Å²) < 4.78 is 16.3. The van der Waals surface area contributed by atoms with E-state index in [1.807, 2.05) is 0 Å². The Kier molecular flexibility index (Phi) is 7.72. The van der Waals surface area contributed by atoms with Gasteiger partial charge in [0.15, 0.2) is 11.6 Å². The Hall–Kier alpha value is -5.10. The topological polar surface area (TPSA) is 159 Å². The Morgan fingerprint density at radius 1 is 1.07 bits per heavy atom. The number of ketones is 2. The van der Waals surface area contributed by atoms with Crippen molar-refractivity contribution >= 4 is 45.9 Å². The molecule has 5 rings (SSSR count). The Morgan fingerprint density at radius 2 is 1.82 bits per heavy atom. The van der Waals surface area contributed by atoms with Crippen molar-refractivity contribution in [2.24, 2.45) is 0 Å². The number of carbonyl (C=O) groups is 4. The minimum absolute atomic E-state index is 0.00149. The number of ether oxygens (including phenoxy) is 3. The number of aliphatic carboxylic acids is 1. The van der Waals surface area contributed by atoms with Crippen molar-refractivity contribution in [1.82, 2.24) is 9.88 Å². The number of H-pyrrole nitrogens is 1. The highest BCUT2D eigenvalue weighted by Gasteiger charge is 2.53. The number of fused-ring (bicyclic) bond motifs is 3. The second-order valence-corrected chi connectivity index (χ2v) is 11.4. The molecule has 0 fully saturated rings. The molecule has 44 heavy (non-hydrogen) atoms. The number of rotatable bonds is 7. The van der Waals surface area contributed by atoms with E-state index in [0.717, 1.165) is 11.0 Å². The summed E-state index contributed by atoms with van der Waals surface area (Å²) in [6.07, 6.45) is 2.91. The number of aromatic amines is 1. The lowest BCUT2D eigenvalue weighted by Gasteiger charge is -2.42. The normalized spacial score (nSPS) is 18.1. The van der Waals surface area contributed by atoms with E-state index in [0.29, 0.717) is 28.0 Å². The zero-order valence-corrected chi connectivity index (χ0v) is 25.0. The predicted molar refractivity (Wildman–Crippen MR) is 160 cm³/mol. The highest BCUT2D eigenvalue weighted by molar-refractivity contribution is 6.19. The van der Waals surface area contributed by atoms with E-state index in [9.17, 15) is 29.4 Å². The number of carboxylic acids is 1. The van der Waals surface area contributed by atoms with Crippen LogP contribution >= 0.6 is 0 Å². The molecule has 2 aliphatic rings. The molecule has 1 atom stereocenters. The van der Waals surface area contributed by atoms with E-state index in [1.165, 1.54) is 25.2 Å². The number of benzene rings is 2. The molecule has 2 aliphatic heterocycles. The number of allylic oxidation sites excluding steroid dienone is 1. The first-order valence-electron chi connectivity index (χ1n) is 13.8. The van der Waals surface area contributed by atoms with E-state index in [-0.39, 0.29) is 28.9 Å². The molecule has 0 saturated carbocycles. The number of hydrogen-bond acceptors (Lipinski definition) is 9. The van der Waals surface area contributed by atoms with Crippen LogP contribution in [0.2, 0.25) is 0 Å². The van der Waals surface area contributed by atoms with Crippen LogP contribution in [0.15, 0.2) is 60.3 Å². The van der Waals surface area contributed by atoms with Gasteiger partial charge in [0.2, 0.25) is 5.54 Å². The first kappa shape index (κ1) is 30.4. The lowest BCUT2D eigenvalue weighted by Crippen LogP contribution is -2.60. The van der Waals surface area contributed by atoms with Gasteiger partial charge in [0.1, 0.15) is 23.8 Å². The molecule has 1 amide bonds. The molecule has 230 valence electrons. The lowest BCUT2D eigenvalue weighted by atomic mass is 9.82. The van der Waals surface area contributed by atoms with Gasteiger partial charge in [0, 0.05) is 46.3 Å². The van der Waals surface area contributed by atoms with Gasteiger partial charge in [-0.1, -0.05) is 6.07 Å². The Labute approximate surface area is 253 Å². The number of hydrogen-bond donors (Lipinski definition) is 3. The van der Waals surface area contributed by atoms with Crippen molar-refractivity contribution in [2.45, 2.75) is 38.3 Å². The summed E-state index contributed by atoms with van der Waals surface area (Å²) in [5.74, 6) is -2.10. The summed E-state index contributed by atoms with van der Waals surface area (Å²) in [5, 5.41) is 22.1. The molecule has 3 heterocycles. The number of carbonyl (C=O) groups excluding carboxylic acids is 3. The Morgan fingerprint density at radius 3 is 2.45 bits per heavy atom. The highest BCUT2D eigenvalue weighted by atomic mass is 16.6. The number of aliphatic hydroxyl groups is 1. The summed E-state index contributed by atoms with van der Waals surface area (Å²) in [6.45, 7) is 3.73. The van der Waals surface area contributed by atoms with Crippen LogP contribution in [-0.2, 0) is 25.5 Å². The van der Waals surface area contributed by atoms with Crippen molar-refractivity contribution in [3.8, 4) is 11.5 Å². The minimum atomic E-state index is -2.41. The van der Waals surface area contributed by atoms with E-state index >= 15 is 0 Å². The van der Waals surface area contributed by atoms with Gasteiger partial charge in [-0.05, 0) is 57.2 Å². The van der Waals surface area contributed by atoms with Crippen LogP contribution in [0.25, 0.3) is 16.6 Å². The van der Waals surface area contributed by atoms with E-state index < -0.39 is 48.0 Å². The highest BCUT2D eigenvalue weighted by Crippen LogP contribution is 2.44. The van der Waals surface area contributed by atoms with Gasteiger partial charge < -0.3 is 34.3 Å². The summed E-state index contributed by atoms with van der Waals surface area (Å²) >= 11 is 0. The van der Waals surface area contributed by atoms with Gasteiger partial charge >= 0.3 is 12.1 Å². The monoisotopic (exact) mass is 603 g/mol. The second-order valence-electron chi connectivity index (χ2n) is 11.4. The number of anilines is 1. The molecule has 0 aliphatic carbocycles. The average Bonchev–Trinajstić information content (AvgIpc) is 3.40. The SMILES string of the molecule is COc1ccc(CC(=O)C2(C(=O)O)C=CC3=C(c4cc5cc[nH]c5cc4N(C(=O)OC(C)(C)C)CC3=O)N2CO)c(OC)c1. The molecule has 0 saturated heterocycles. The maximum absolute atomic E-state index is 14.1. The van der Waals surface area contributed by atoms with Gasteiger partial charge in [-0.3, -0.25) is 14.5 Å². The third kappa shape index (κ3) is 5.06. The molecule has 3 N–H and O–H groups in total. The number of aliphatic hydroxyl groups excluding tert-OH is 1. The van der Waals surface area contributed by atoms with Crippen LogP contribution in [0.5, 0.6) is 11.5 Å². The first-order chi connectivity index (χ1) is 20.8. The molecule has 1 aromatic heterocycles. The van der Waals surface area contributed by atoms with Gasteiger partial charge in [-0.2, -0.15) is 0 Å². The van der Waals surface area contributed by atoms with E-state index in [1.54, 1.807) is 63.4 Å². The predicted octanol–water partition coefficient (Wildman–Crippen LogP) is 3.68. The van der Waals surface area contributed by atoms with Gasteiger partial charge in [0.25, 0.3) is 0 Å². The molecule has 0 radical (unpaired) electrons. The fraction of sp³-hybridized carbons (Fsp3) is 0.312. The van der Waals surface area contributed by atoms with Crippen LogP contribution in [-0.4, -0.2) is 82.4 Å². The fourth-order valence-electron chi connectivity index (χ4n) is 5.54. The molecule has 0 spiro atoms. The van der Waals surface area contributed by atoms with Crippen molar-refractivity contribution in [1.29, 1.82) is 0 Å². The molecule has 3 aromatic rings. The largest absolute Gasteiger partial charge is 0.497 e. The number of Topliss-reactive ketones (excluding diaryl/α,β-unsaturated/α-hetero) is 2. The first-order valence-corrected chi connectivity index (χ1v) is 13.8. The van der Waals surface area contributed by atoms with Crippen LogP contribution in [0.1, 0.15) is 31.9 Å². The second kappa shape index (κ2) is 11.2. The molecule has 2 aromatic carbocycles. The van der Waals surface area contributed by atoms with Crippen LogP contribution < -0.4 is 14.4 Å². The van der Waals surface area contributed by atoms with Crippen molar-refractivity contribution < 1.29 is 43.6 Å². The van der Waals surface area contributed by atoms with Crippen molar-refractivity contribution in [2.75, 3.05) is 32.4 Å². The molecule has 12 nitrogen and oxygen atoms in total. The number of nitrogens with zero attached hydrogens (tertiary/aromatic N) is 2. The van der Waals surface area contributed by atoms with Gasteiger partial charge in [-0.15, -0.1) is 0 Å².